The number of halogens is 1. The maximum absolute atomic E-state index is 12.5. The van der Waals surface area contributed by atoms with Crippen molar-refractivity contribution in [3.05, 3.63) is 65.3 Å². The third-order valence-corrected chi connectivity index (χ3v) is 8.44. The summed E-state index contributed by atoms with van der Waals surface area (Å²) >= 11 is 5.98. The Balaban J connectivity index is 1.47. The maximum Gasteiger partial charge on any atom is 0.242 e. The molecule has 188 valence electrons. The van der Waals surface area contributed by atoms with E-state index in [2.05, 4.69) is 41.9 Å². The third-order valence-electron chi connectivity index (χ3n) is 5.02. The summed E-state index contributed by atoms with van der Waals surface area (Å²) in [7, 11) is -7.37. The molecule has 1 aliphatic rings. The molecule has 0 unspecified atom stereocenters. The number of sulfonamides is 2. The van der Waals surface area contributed by atoms with Crippen LogP contribution in [0.5, 0.6) is 0 Å². The van der Waals surface area contributed by atoms with Crippen molar-refractivity contribution < 1.29 is 16.8 Å². The molecule has 10 nitrogen and oxygen atoms in total. The number of fused-ring (bicyclic) bond motifs is 4. The second kappa shape index (κ2) is 11.2. The van der Waals surface area contributed by atoms with Gasteiger partial charge in [-0.2, -0.15) is 4.98 Å². The van der Waals surface area contributed by atoms with E-state index in [1.165, 1.54) is 24.3 Å². The van der Waals surface area contributed by atoms with Crippen LogP contribution in [0.3, 0.4) is 0 Å². The molecule has 0 amide bonds. The lowest BCUT2D eigenvalue weighted by Gasteiger charge is -2.10. The highest BCUT2D eigenvalue weighted by Crippen LogP contribution is 2.21. The normalized spacial score (nSPS) is 15.0. The smallest absolute Gasteiger partial charge is 0.242 e. The standard InChI is InChI=1S/C23H23ClN6O4S2/c24-20-10-1-2-11-21(20)36(33,34)28-13-4-3-7-17-16-26-23-29-18-8-5-9-19(15-18)35(31,32)27-14-6-12-25-22(17)30-23/h1-2,5,8-11,15-16,27-28H,4,6,12-14H2,(H2,25,26,29,30). The Morgan fingerprint density at radius 2 is 1.94 bits per heavy atom. The molecule has 13 heteroatoms. The van der Waals surface area contributed by atoms with Gasteiger partial charge in [0, 0.05) is 31.7 Å². The van der Waals surface area contributed by atoms with E-state index in [9.17, 15) is 16.8 Å². The van der Waals surface area contributed by atoms with Crippen molar-refractivity contribution in [2.24, 2.45) is 0 Å². The van der Waals surface area contributed by atoms with Gasteiger partial charge in [-0.3, -0.25) is 0 Å². The van der Waals surface area contributed by atoms with Crippen molar-refractivity contribution in [2.45, 2.75) is 22.6 Å². The number of nitrogens with one attached hydrogen (secondary N) is 4. The quantitative estimate of drug-likeness (QED) is 0.289. The molecule has 0 aliphatic carbocycles. The highest BCUT2D eigenvalue weighted by Gasteiger charge is 2.17. The van der Waals surface area contributed by atoms with Crippen LogP contribution in [0.1, 0.15) is 18.4 Å². The van der Waals surface area contributed by atoms with E-state index in [4.69, 9.17) is 11.6 Å². The highest BCUT2D eigenvalue weighted by atomic mass is 35.5. The van der Waals surface area contributed by atoms with Crippen LogP contribution >= 0.6 is 11.6 Å². The van der Waals surface area contributed by atoms with Gasteiger partial charge in [0.2, 0.25) is 26.0 Å². The number of benzene rings is 2. The van der Waals surface area contributed by atoms with Crippen LogP contribution in [0, 0.1) is 11.8 Å². The topological polar surface area (TPSA) is 142 Å². The van der Waals surface area contributed by atoms with E-state index < -0.39 is 20.0 Å². The lowest BCUT2D eigenvalue weighted by Crippen LogP contribution is -2.26. The van der Waals surface area contributed by atoms with E-state index in [-0.39, 0.29) is 40.3 Å². The first-order valence-corrected chi connectivity index (χ1v) is 14.3. The van der Waals surface area contributed by atoms with E-state index in [0.29, 0.717) is 30.0 Å². The molecular formula is C23H23ClN6O4S2. The Morgan fingerprint density at radius 3 is 2.78 bits per heavy atom. The molecule has 1 aromatic heterocycles. The highest BCUT2D eigenvalue weighted by molar-refractivity contribution is 7.89. The van der Waals surface area contributed by atoms with Crippen molar-refractivity contribution in [3.63, 3.8) is 0 Å². The molecule has 4 rings (SSSR count). The van der Waals surface area contributed by atoms with E-state index >= 15 is 0 Å². The molecule has 0 saturated carbocycles. The number of nitrogens with zero attached hydrogens (tertiary/aromatic N) is 2. The van der Waals surface area contributed by atoms with Crippen LogP contribution in [0.2, 0.25) is 5.02 Å². The molecule has 4 N–H and O–H groups in total. The van der Waals surface area contributed by atoms with Gasteiger partial charge >= 0.3 is 0 Å². The van der Waals surface area contributed by atoms with Crippen LogP contribution in [0.4, 0.5) is 17.5 Å². The van der Waals surface area contributed by atoms with Crippen LogP contribution in [-0.4, -0.2) is 46.4 Å². The minimum atomic E-state index is -3.74. The molecule has 4 bridgehead atoms. The van der Waals surface area contributed by atoms with E-state index in [1.807, 2.05) is 0 Å². The lowest BCUT2D eigenvalue weighted by atomic mass is 10.2. The molecule has 0 radical (unpaired) electrons. The summed E-state index contributed by atoms with van der Waals surface area (Å²) < 4.78 is 54.9. The molecule has 0 atom stereocenters. The van der Waals surface area contributed by atoms with Crippen LogP contribution in [-0.2, 0) is 20.0 Å². The van der Waals surface area contributed by atoms with Gasteiger partial charge in [-0.25, -0.2) is 31.3 Å². The van der Waals surface area contributed by atoms with Gasteiger partial charge < -0.3 is 10.6 Å². The predicted octanol–water partition coefficient (Wildman–Crippen LogP) is 2.69. The summed E-state index contributed by atoms with van der Waals surface area (Å²) in [5.41, 5.74) is 1.05. The van der Waals surface area contributed by atoms with Gasteiger partial charge in [0.05, 0.1) is 21.7 Å². The summed E-state index contributed by atoms with van der Waals surface area (Å²) in [5.74, 6) is 6.65. The summed E-state index contributed by atoms with van der Waals surface area (Å²) in [6.07, 6.45) is 2.32. The number of rotatable bonds is 4. The fourth-order valence-electron chi connectivity index (χ4n) is 3.27. The van der Waals surface area contributed by atoms with E-state index in [0.717, 1.165) is 0 Å². The SMILES string of the molecule is O=S1(=O)NCCCNc2nc(ncc2C#CCCNS(=O)(=O)c2ccccc2Cl)Nc2cccc1c2. The third kappa shape index (κ3) is 6.51. The molecule has 36 heavy (non-hydrogen) atoms. The Hall–Kier alpha value is -3.21. The van der Waals surface area contributed by atoms with Gasteiger partial charge in [-0.1, -0.05) is 41.6 Å². The number of anilines is 3. The fourth-order valence-corrected chi connectivity index (χ4v) is 5.94. The van der Waals surface area contributed by atoms with Crippen molar-refractivity contribution >= 4 is 49.1 Å². The molecule has 1 aliphatic heterocycles. The van der Waals surface area contributed by atoms with Gasteiger partial charge in [0.15, 0.2) is 0 Å². The molecule has 0 fully saturated rings. The second-order valence-electron chi connectivity index (χ2n) is 7.67. The number of hydrogen-bond donors (Lipinski definition) is 4. The average Bonchev–Trinajstić information content (AvgIpc) is 2.85. The van der Waals surface area contributed by atoms with Crippen LogP contribution < -0.4 is 20.1 Å². The summed E-state index contributed by atoms with van der Waals surface area (Å²) in [6, 6.07) is 12.6. The van der Waals surface area contributed by atoms with E-state index in [1.54, 1.807) is 30.5 Å². The molecule has 2 aromatic carbocycles. The molecule has 3 aromatic rings. The van der Waals surface area contributed by atoms with Crippen LogP contribution in [0.25, 0.3) is 0 Å². The van der Waals surface area contributed by atoms with Gasteiger partial charge in [-0.05, 0) is 36.8 Å². The minimum Gasteiger partial charge on any atom is -0.369 e. The average molecular weight is 547 g/mol. The maximum atomic E-state index is 12.5. The Kier molecular flexibility index (Phi) is 8.07. The summed E-state index contributed by atoms with van der Waals surface area (Å²) in [6.45, 7) is 0.792. The zero-order valence-electron chi connectivity index (χ0n) is 19.0. The predicted molar refractivity (Wildman–Crippen MR) is 138 cm³/mol. The summed E-state index contributed by atoms with van der Waals surface area (Å²) in [5, 5.41) is 6.32. The molecule has 2 heterocycles. The largest absolute Gasteiger partial charge is 0.369 e. The van der Waals surface area contributed by atoms with Gasteiger partial charge in [0.25, 0.3) is 0 Å². The van der Waals surface area contributed by atoms with Crippen LogP contribution in [0.15, 0.2) is 64.5 Å². The van der Waals surface area contributed by atoms with Gasteiger partial charge in [0.1, 0.15) is 10.7 Å². The van der Waals surface area contributed by atoms with Crippen molar-refractivity contribution in [1.29, 1.82) is 0 Å². The van der Waals surface area contributed by atoms with Crippen molar-refractivity contribution in [1.82, 2.24) is 19.4 Å². The zero-order valence-corrected chi connectivity index (χ0v) is 21.3. The van der Waals surface area contributed by atoms with Crippen molar-refractivity contribution in [3.8, 4) is 11.8 Å². The molecule has 0 spiro atoms. The number of aromatic nitrogens is 2. The first kappa shape index (κ1) is 25.9. The molecular weight excluding hydrogens is 524 g/mol. The summed E-state index contributed by atoms with van der Waals surface area (Å²) in [4.78, 5) is 8.92. The minimum absolute atomic E-state index is 0.0133. The lowest BCUT2D eigenvalue weighted by molar-refractivity contribution is 0.579. The second-order valence-corrected chi connectivity index (χ2v) is 11.6. The Morgan fingerprint density at radius 1 is 1.11 bits per heavy atom. The fraction of sp³-hybridized carbons (Fsp3) is 0.217. The van der Waals surface area contributed by atoms with Gasteiger partial charge in [-0.15, -0.1) is 0 Å². The molecule has 0 saturated heterocycles. The van der Waals surface area contributed by atoms with Crippen molar-refractivity contribution in [2.75, 3.05) is 30.3 Å². The Labute approximate surface area is 215 Å². The Bertz CT molecular complexity index is 1540. The first-order chi connectivity index (χ1) is 17.2. The zero-order chi connectivity index (χ0) is 25.6. The monoisotopic (exact) mass is 546 g/mol. The number of hydrogen-bond acceptors (Lipinski definition) is 8. The first-order valence-electron chi connectivity index (χ1n) is 11.0.